The zero-order valence-electron chi connectivity index (χ0n) is 22.5. The number of nitriles is 1. The van der Waals surface area contributed by atoms with E-state index in [2.05, 4.69) is 28.5 Å². The summed E-state index contributed by atoms with van der Waals surface area (Å²) in [4.78, 5) is 26.2. The third kappa shape index (κ3) is 8.68. The molecule has 1 aliphatic heterocycles. The van der Waals surface area contributed by atoms with Crippen LogP contribution in [-0.2, 0) is 16.2 Å². The van der Waals surface area contributed by atoms with Crippen molar-refractivity contribution in [3.8, 4) is 22.9 Å². The fraction of sp³-hybridized carbons (Fsp3) is 0.0625. The van der Waals surface area contributed by atoms with Gasteiger partial charge in [0.05, 0.1) is 11.6 Å². The molecule has 0 aliphatic carbocycles. The van der Waals surface area contributed by atoms with Crippen molar-refractivity contribution < 1.29 is 19.4 Å². The Labute approximate surface area is 260 Å². The van der Waals surface area contributed by atoms with Crippen molar-refractivity contribution >= 4 is 71.3 Å². The Morgan fingerprint density at radius 3 is 2.39 bits per heavy atom. The van der Waals surface area contributed by atoms with Crippen LogP contribution in [0.3, 0.4) is 0 Å². The molecule has 2 N–H and O–H groups in total. The molecule has 0 fully saturated rings. The minimum absolute atomic E-state index is 0.268. The topological polar surface area (TPSA) is 112 Å². The van der Waals surface area contributed by atoms with Gasteiger partial charge in [-0.25, -0.2) is 0 Å². The Bertz CT molecular complexity index is 1660. The number of carbonyl (C=O) groups excluding carboxylic acids is 1. The normalized spacial score (nSPS) is 13.1. The zero-order valence-corrected chi connectivity index (χ0v) is 25.3. The number of benzene rings is 4. The Morgan fingerprint density at radius 2 is 1.68 bits per heavy atom. The van der Waals surface area contributed by atoms with Crippen molar-refractivity contribution in [3.05, 3.63) is 119 Å². The largest absolute Gasteiger partial charge is 0.0550 e. The molecule has 0 unspecified atom stereocenters. The first-order valence-corrected chi connectivity index (χ1v) is 14.5. The van der Waals surface area contributed by atoms with E-state index in [1.807, 2.05) is 91.0 Å². The summed E-state index contributed by atoms with van der Waals surface area (Å²) in [6, 6.07) is 33.6. The van der Waals surface area contributed by atoms with Crippen LogP contribution in [0.2, 0.25) is 0 Å². The molecule has 1 amide bonds. The molecule has 0 bridgehead atoms. The van der Waals surface area contributed by atoms with E-state index in [0.29, 0.717) is 28.0 Å². The third-order valence-electron chi connectivity index (χ3n) is 5.84. The predicted molar refractivity (Wildman–Crippen MR) is 164 cm³/mol. The fourth-order valence-corrected chi connectivity index (χ4v) is 5.03. The van der Waals surface area contributed by atoms with Gasteiger partial charge in [-0.05, 0) is 22.8 Å². The van der Waals surface area contributed by atoms with Crippen molar-refractivity contribution in [2.24, 2.45) is 4.99 Å². The molecule has 0 saturated carbocycles. The predicted octanol–water partition coefficient (Wildman–Crippen LogP) is 5.77. The van der Waals surface area contributed by atoms with E-state index in [0.717, 1.165) is 62.8 Å². The van der Waals surface area contributed by atoms with Crippen LogP contribution in [0, 0.1) is 11.3 Å². The van der Waals surface area contributed by atoms with Crippen LogP contribution in [0.5, 0.6) is 5.75 Å². The van der Waals surface area contributed by atoms with Crippen LogP contribution in [-0.4, -0.2) is 50.1 Å². The monoisotopic (exact) mass is 569 g/mol. The average molecular weight is 570 g/mol. The molecule has 0 saturated heterocycles. The molecule has 0 atom stereocenters. The molecule has 1 aliphatic rings. The number of nitrogens with one attached hydrogen (secondary N) is 1. The van der Waals surface area contributed by atoms with Gasteiger partial charge in [0.1, 0.15) is 6.61 Å². The molecule has 0 radical (unpaired) electrons. The van der Waals surface area contributed by atoms with Crippen molar-refractivity contribution in [2.75, 3.05) is 5.32 Å². The van der Waals surface area contributed by atoms with Crippen LogP contribution in [0.25, 0.3) is 17.2 Å². The van der Waals surface area contributed by atoms with Crippen LogP contribution >= 0.6 is 11.8 Å². The molecule has 5 rings (SSSR count). The van der Waals surface area contributed by atoms with Gasteiger partial charge in [0, 0.05) is 6.92 Å². The maximum Gasteiger partial charge on any atom is -0.0539 e. The van der Waals surface area contributed by atoms with Gasteiger partial charge in [0.15, 0.2) is 0 Å². The maximum atomic E-state index is 12.5. The molecule has 9 heteroatoms. The van der Waals surface area contributed by atoms with E-state index in [4.69, 9.17) is 14.6 Å². The number of carboxylic acid groups (broad SMARTS) is 1. The number of aliphatic carboxylic acids is 1. The Kier molecular flexibility index (Phi) is 10.5. The van der Waals surface area contributed by atoms with Gasteiger partial charge in [-0.2, -0.15) is 5.26 Å². The summed E-state index contributed by atoms with van der Waals surface area (Å²) in [6.45, 7) is 1.46. The van der Waals surface area contributed by atoms with Crippen LogP contribution in [0.4, 0.5) is 5.69 Å². The van der Waals surface area contributed by atoms with E-state index in [-0.39, 0.29) is 5.91 Å². The first-order valence-electron chi connectivity index (χ1n) is 12.7. The molecule has 0 aromatic heterocycles. The maximum absolute atomic E-state index is 12.5. The second-order valence-corrected chi connectivity index (χ2v) is 11.2. The van der Waals surface area contributed by atoms with Gasteiger partial charge in [0.2, 0.25) is 0 Å². The quantitative estimate of drug-likeness (QED) is 0.224. The summed E-state index contributed by atoms with van der Waals surface area (Å²) in [5, 5.41) is 20.6. The van der Waals surface area contributed by atoms with Crippen LogP contribution in [0.1, 0.15) is 23.6 Å². The molecule has 7 nitrogen and oxygen atoms in total. The number of amides is 1. The van der Waals surface area contributed by atoms with E-state index < -0.39 is 5.97 Å². The molecular formula is C32H24N3NaO4S. The minimum Gasteiger partial charge on any atom is -0.0550 e. The van der Waals surface area contributed by atoms with Crippen molar-refractivity contribution in [3.63, 3.8) is 0 Å². The molecule has 41 heavy (non-hydrogen) atoms. The molecule has 198 valence electrons. The van der Waals surface area contributed by atoms with Crippen LogP contribution in [0.15, 0.2) is 107 Å². The smallest absolute Gasteiger partial charge is 0.0539 e. The minimum atomic E-state index is -0.833. The number of ether oxygens (including phenoxy) is 1. The van der Waals surface area contributed by atoms with Gasteiger partial charge in [-0.1, -0.05) is 48.5 Å². The standard InChI is InChI=1S/C30H20N3O2S.C2H4O2.Na/c31-19-24-9-4-6-12-26(24)22-16-14-21(15-17-22)20-35-27-13-7-5-8-23(27)18-28-29(34)33-30(36-28)32-25-10-2-1-3-11-25;1-2(3)4;/h2-18H,20H2,(H,32,33,34);1H3,(H,3,4);. The second kappa shape index (κ2) is 14.5. The third-order valence-corrected chi connectivity index (χ3v) is 7.40. The summed E-state index contributed by atoms with van der Waals surface area (Å²) >= 11 is 2.32. The second-order valence-electron chi connectivity index (χ2n) is 9.02. The first-order chi connectivity index (χ1) is 19.8. The zero-order chi connectivity index (χ0) is 29.2. The number of aliphatic imine (C=N–C) groups is 1. The molecule has 1 heterocycles. The van der Waals surface area contributed by atoms with Gasteiger partial charge in [-0.3, -0.25) is 4.79 Å². The first kappa shape index (κ1) is 29.8. The average Bonchev–Trinajstić information content (AvgIpc) is 3.31. The number of hydrogen-bond acceptors (Lipinski definition) is 6. The van der Waals surface area contributed by atoms with E-state index in [9.17, 15) is 10.1 Å². The molecule has 4 aromatic carbocycles. The fourth-order valence-electron chi connectivity index (χ4n) is 3.87. The summed E-state index contributed by atoms with van der Waals surface area (Å²) in [5.41, 5.74) is 5.27. The number of para-hydroxylation sites is 1. The van der Waals surface area contributed by atoms with Gasteiger partial charge in [0.25, 0.3) is 5.97 Å². The van der Waals surface area contributed by atoms with E-state index >= 15 is 0 Å². The number of amidine groups is 1. The molecule has 4 aromatic rings. The SMILES string of the molecule is CC(=O)O.N#Cc1ccccc1-c1ccc(COc2ccccc2C=C2SC(Nc3cc[c]([Na])cc3)=NC2=O)cc1. The van der Waals surface area contributed by atoms with Crippen LogP contribution < -0.4 is 12.9 Å². The van der Waals surface area contributed by atoms with Crippen molar-refractivity contribution in [2.45, 2.75) is 13.5 Å². The van der Waals surface area contributed by atoms with E-state index in [1.54, 1.807) is 0 Å². The van der Waals surface area contributed by atoms with Gasteiger partial charge < -0.3 is 5.11 Å². The molecular weight excluding hydrogens is 545 g/mol. The number of rotatable bonds is 6. The summed E-state index contributed by atoms with van der Waals surface area (Å²) in [5.74, 6) is -0.415. The molecule has 0 spiro atoms. The van der Waals surface area contributed by atoms with Gasteiger partial charge in [-0.15, -0.1) is 0 Å². The summed E-state index contributed by atoms with van der Waals surface area (Å²) in [6.07, 6.45) is 1.82. The number of nitrogens with zero attached hydrogens (tertiary/aromatic N) is 2. The summed E-state index contributed by atoms with van der Waals surface area (Å²) < 4.78 is 7.43. The Balaban J connectivity index is 0.000000909. The van der Waals surface area contributed by atoms with E-state index in [1.165, 1.54) is 14.6 Å². The summed E-state index contributed by atoms with van der Waals surface area (Å²) in [7, 11) is 0. The Hall–Kier alpha value is -4.13. The number of hydrogen-bond donors (Lipinski definition) is 2. The number of thioether (sulfide) groups is 1. The van der Waals surface area contributed by atoms with Gasteiger partial charge >= 0.3 is 144 Å². The van der Waals surface area contributed by atoms with Crippen molar-refractivity contribution in [1.82, 2.24) is 0 Å². The number of carbonyl (C=O) groups is 2. The number of carboxylic acids is 1. The Morgan fingerprint density at radius 1 is 1.02 bits per heavy atom. The number of anilines is 1. The van der Waals surface area contributed by atoms with Crippen molar-refractivity contribution in [1.29, 1.82) is 5.26 Å².